The van der Waals surface area contributed by atoms with E-state index < -0.39 is 15.1 Å². The quantitative estimate of drug-likeness (QED) is 0.688. The first-order valence-corrected chi connectivity index (χ1v) is 10.4. The second-order valence-corrected chi connectivity index (χ2v) is 9.21. The van der Waals surface area contributed by atoms with Gasteiger partial charge in [0.1, 0.15) is 0 Å². The van der Waals surface area contributed by atoms with Crippen molar-refractivity contribution in [3.05, 3.63) is 18.2 Å². The molecule has 9 heteroatoms. The SMILES string of the molecule is COCCNC(=O)C[C@@H](C)S(=O)(=O)c1ccc2c(c1)NC(=O)CCS2. The molecular weight excluding hydrogens is 364 g/mol. The third-order valence-electron chi connectivity index (χ3n) is 3.77. The number of benzene rings is 1. The molecule has 0 unspecified atom stereocenters. The van der Waals surface area contributed by atoms with Crippen LogP contribution < -0.4 is 10.6 Å². The molecule has 2 amide bonds. The van der Waals surface area contributed by atoms with E-state index >= 15 is 0 Å². The first-order valence-electron chi connectivity index (χ1n) is 7.91. The molecule has 25 heavy (non-hydrogen) atoms. The van der Waals surface area contributed by atoms with E-state index in [2.05, 4.69) is 10.6 Å². The third-order valence-corrected chi connectivity index (χ3v) is 6.98. The van der Waals surface area contributed by atoms with Crippen LogP contribution in [0.4, 0.5) is 5.69 Å². The number of amides is 2. The minimum atomic E-state index is -3.68. The number of fused-ring (bicyclic) bond motifs is 1. The minimum Gasteiger partial charge on any atom is -0.383 e. The van der Waals surface area contributed by atoms with Crippen molar-refractivity contribution >= 4 is 39.1 Å². The Kier molecular flexibility index (Phi) is 6.86. The average molecular weight is 386 g/mol. The van der Waals surface area contributed by atoms with Crippen LogP contribution in [0.25, 0.3) is 0 Å². The molecule has 1 aliphatic heterocycles. The fourth-order valence-corrected chi connectivity index (χ4v) is 4.66. The van der Waals surface area contributed by atoms with E-state index in [4.69, 9.17) is 4.74 Å². The summed E-state index contributed by atoms with van der Waals surface area (Å²) in [5.41, 5.74) is 0.505. The van der Waals surface area contributed by atoms with Crippen molar-refractivity contribution in [2.45, 2.75) is 34.8 Å². The number of carbonyl (C=O) groups excluding carboxylic acids is 2. The Morgan fingerprint density at radius 3 is 2.92 bits per heavy atom. The number of hydrogen-bond acceptors (Lipinski definition) is 6. The lowest BCUT2D eigenvalue weighted by Gasteiger charge is -2.15. The second-order valence-electron chi connectivity index (χ2n) is 5.71. The van der Waals surface area contributed by atoms with Gasteiger partial charge in [0.15, 0.2) is 9.84 Å². The maximum Gasteiger partial charge on any atom is 0.225 e. The molecule has 0 spiro atoms. The monoisotopic (exact) mass is 386 g/mol. The molecule has 0 fully saturated rings. The lowest BCUT2D eigenvalue weighted by Crippen LogP contribution is -2.32. The van der Waals surface area contributed by atoms with Gasteiger partial charge >= 0.3 is 0 Å². The van der Waals surface area contributed by atoms with Gasteiger partial charge in [-0.05, 0) is 25.1 Å². The number of rotatable bonds is 7. The van der Waals surface area contributed by atoms with Crippen LogP contribution >= 0.6 is 11.8 Å². The Bertz CT molecular complexity index is 749. The molecule has 7 nitrogen and oxygen atoms in total. The van der Waals surface area contributed by atoms with E-state index in [1.807, 2.05) is 0 Å². The van der Waals surface area contributed by atoms with Crippen LogP contribution in [0.5, 0.6) is 0 Å². The highest BCUT2D eigenvalue weighted by molar-refractivity contribution is 7.99. The van der Waals surface area contributed by atoms with Gasteiger partial charge in [0.25, 0.3) is 0 Å². The number of thioether (sulfide) groups is 1. The molecule has 2 rings (SSSR count). The van der Waals surface area contributed by atoms with Crippen molar-refractivity contribution in [2.24, 2.45) is 0 Å². The van der Waals surface area contributed by atoms with Crippen molar-refractivity contribution < 1.29 is 22.7 Å². The summed E-state index contributed by atoms with van der Waals surface area (Å²) in [6.07, 6.45) is 0.254. The van der Waals surface area contributed by atoms with E-state index in [0.29, 0.717) is 31.0 Å². The first-order chi connectivity index (χ1) is 11.8. The van der Waals surface area contributed by atoms with Gasteiger partial charge in [-0.3, -0.25) is 9.59 Å². The zero-order valence-electron chi connectivity index (χ0n) is 14.2. The van der Waals surface area contributed by atoms with Gasteiger partial charge in [0.05, 0.1) is 22.4 Å². The van der Waals surface area contributed by atoms with E-state index in [-0.39, 0.29) is 23.1 Å². The summed E-state index contributed by atoms with van der Waals surface area (Å²) in [6, 6.07) is 4.70. The topological polar surface area (TPSA) is 102 Å². The van der Waals surface area contributed by atoms with Crippen LogP contribution in [0, 0.1) is 0 Å². The summed E-state index contributed by atoms with van der Waals surface area (Å²) < 4.78 is 30.3. The Labute approximate surface area is 151 Å². The molecule has 2 N–H and O–H groups in total. The van der Waals surface area contributed by atoms with E-state index in [1.54, 1.807) is 6.07 Å². The number of nitrogens with one attached hydrogen (secondary N) is 2. The van der Waals surface area contributed by atoms with Crippen LogP contribution in [0.1, 0.15) is 19.8 Å². The van der Waals surface area contributed by atoms with Gasteiger partial charge in [-0.2, -0.15) is 0 Å². The van der Waals surface area contributed by atoms with Gasteiger partial charge in [0, 0.05) is 37.1 Å². The van der Waals surface area contributed by atoms with E-state index in [9.17, 15) is 18.0 Å². The van der Waals surface area contributed by atoms with E-state index in [0.717, 1.165) is 4.90 Å². The molecular formula is C16H22N2O5S2. The third kappa shape index (κ3) is 5.20. The molecule has 1 aromatic carbocycles. The summed E-state index contributed by atoms with van der Waals surface area (Å²) in [4.78, 5) is 24.5. The molecule has 138 valence electrons. The van der Waals surface area contributed by atoms with Crippen molar-refractivity contribution in [1.82, 2.24) is 5.32 Å². The highest BCUT2D eigenvalue weighted by atomic mass is 32.2. The maximum atomic E-state index is 12.7. The second kappa shape index (κ2) is 8.68. The van der Waals surface area contributed by atoms with Gasteiger partial charge in [-0.15, -0.1) is 11.8 Å². The Morgan fingerprint density at radius 1 is 1.44 bits per heavy atom. The highest BCUT2D eigenvalue weighted by Crippen LogP contribution is 2.33. The first kappa shape index (κ1) is 19.7. The molecule has 0 saturated carbocycles. The Hall–Kier alpha value is -1.58. The normalized spacial score (nSPS) is 15.7. The van der Waals surface area contributed by atoms with Crippen molar-refractivity contribution in [3.63, 3.8) is 0 Å². The predicted molar refractivity (Wildman–Crippen MR) is 96.6 cm³/mol. The molecule has 1 aliphatic rings. The van der Waals surface area contributed by atoms with Crippen LogP contribution in [0.3, 0.4) is 0 Å². The van der Waals surface area contributed by atoms with Gasteiger partial charge in [0.2, 0.25) is 11.8 Å². The molecule has 0 saturated heterocycles. The summed E-state index contributed by atoms with van der Waals surface area (Å²) in [5, 5.41) is 4.47. The standard InChI is InChI=1S/C16H22N2O5S2/c1-11(9-16(20)17-6-7-23-2)25(21,22)12-3-4-14-13(10-12)18-15(19)5-8-24-14/h3-4,10-11H,5-9H2,1-2H3,(H,17,20)(H,18,19)/t11-/m1/s1. The molecule has 1 atom stereocenters. The fourth-order valence-electron chi connectivity index (χ4n) is 2.34. The van der Waals surface area contributed by atoms with Crippen LogP contribution in [0.2, 0.25) is 0 Å². The van der Waals surface area contributed by atoms with Crippen LogP contribution in [-0.2, 0) is 24.2 Å². The number of anilines is 1. The number of methoxy groups -OCH3 is 1. The zero-order valence-corrected chi connectivity index (χ0v) is 15.8. The summed E-state index contributed by atoms with van der Waals surface area (Å²) in [5.74, 6) is 0.182. The number of ether oxygens (including phenoxy) is 1. The predicted octanol–water partition coefficient (Wildman–Crippen LogP) is 1.44. The Balaban J connectivity index is 2.13. The average Bonchev–Trinajstić information content (AvgIpc) is 2.74. The smallest absolute Gasteiger partial charge is 0.225 e. The highest BCUT2D eigenvalue weighted by Gasteiger charge is 2.27. The van der Waals surface area contributed by atoms with Crippen molar-refractivity contribution in [1.29, 1.82) is 0 Å². The van der Waals surface area contributed by atoms with Crippen molar-refractivity contribution in [2.75, 3.05) is 31.3 Å². The molecule has 1 aromatic rings. The molecule has 0 aliphatic carbocycles. The lowest BCUT2D eigenvalue weighted by molar-refractivity contribution is -0.121. The summed E-state index contributed by atoms with van der Waals surface area (Å²) in [7, 11) is -2.16. The van der Waals surface area contributed by atoms with Crippen molar-refractivity contribution in [3.8, 4) is 0 Å². The minimum absolute atomic E-state index is 0.103. The summed E-state index contributed by atoms with van der Waals surface area (Å²) in [6.45, 7) is 2.21. The fraction of sp³-hybridized carbons (Fsp3) is 0.500. The van der Waals surface area contributed by atoms with Gasteiger partial charge in [-0.25, -0.2) is 8.42 Å². The van der Waals surface area contributed by atoms with Gasteiger partial charge < -0.3 is 15.4 Å². The number of hydrogen-bond donors (Lipinski definition) is 2. The molecule has 0 aromatic heterocycles. The Morgan fingerprint density at radius 2 is 2.20 bits per heavy atom. The van der Waals surface area contributed by atoms with E-state index in [1.165, 1.54) is 37.9 Å². The molecule has 0 radical (unpaired) electrons. The van der Waals surface area contributed by atoms with Crippen LogP contribution in [-0.4, -0.2) is 51.5 Å². The lowest BCUT2D eigenvalue weighted by atomic mass is 10.3. The zero-order chi connectivity index (χ0) is 18.4. The van der Waals surface area contributed by atoms with Crippen LogP contribution in [0.15, 0.2) is 28.0 Å². The van der Waals surface area contributed by atoms with Gasteiger partial charge in [-0.1, -0.05) is 0 Å². The number of carbonyl (C=O) groups is 2. The molecule has 0 bridgehead atoms. The molecule has 1 heterocycles. The largest absolute Gasteiger partial charge is 0.383 e. The maximum absolute atomic E-state index is 12.7. The number of sulfone groups is 1. The summed E-state index contributed by atoms with van der Waals surface area (Å²) >= 11 is 1.51.